The lowest BCUT2D eigenvalue weighted by Crippen LogP contribution is -2.55. The molecule has 1 amide bonds. The Labute approximate surface area is 263 Å². The van der Waals surface area contributed by atoms with Gasteiger partial charge in [-0.2, -0.15) is 4.98 Å². The van der Waals surface area contributed by atoms with Crippen LogP contribution in [0.4, 0.5) is 15.0 Å². The lowest BCUT2D eigenvalue weighted by molar-refractivity contribution is 0.0218. The molecule has 9 nitrogen and oxygen atoms in total. The van der Waals surface area contributed by atoms with Gasteiger partial charge in [0.25, 0.3) is 0 Å². The van der Waals surface area contributed by atoms with Gasteiger partial charge in [0.15, 0.2) is 5.65 Å². The summed E-state index contributed by atoms with van der Waals surface area (Å²) in [5.41, 5.74) is 3.51. The van der Waals surface area contributed by atoms with Gasteiger partial charge < -0.3 is 14.5 Å². The molecule has 3 aromatic heterocycles. The van der Waals surface area contributed by atoms with E-state index >= 15 is 4.39 Å². The summed E-state index contributed by atoms with van der Waals surface area (Å²) in [5.74, 6) is 0.434. The smallest absolute Gasteiger partial charge is 0.410 e. The van der Waals surface area contributed by atoms with E-state index in [1.54, 1.807) is 33.9 Å². The lowest BCUT2D eigenvalue weighted by atomic mass is 9.99. The SMILES string of the molecule is Cc1ccnc(C(C)C)c1-n1c(=O)nc(N2CCN(C(=O)OC(C)(C)C)C[C@@H]2C)c2cc(C3CC3)c(-c3ccccc3F)nc21. The summed E-state index contributed by atoms with van der Waals surface area (Å²) in [6.07, 6.45) is 3.36. The van der Waals surface area contributed by atoms with Crippen molar-refractivity contribution in [3.8, 4) is 16.9 Å². The van der Waals surface area contributed by atoms with E-state index in [-0.39, 0.29) is 29.8 Å². The second-order valence-corrected chi connectivity index (χ2v) is 13.6. The van der Waals surface area contributed by atoms with E-state index in [4.69, 9.17) is 14.7 Å². The summed E-state index contributed by atoms with van der Waals surface area (Å²) < 4.78 is 22.5. The third kappa shape index (κ3) is 5.90. The molecule has 1 aromatic carbocycles. The molecule has 0 bridgehead atoms. The molecule has 236 valence electrons. The standard InChI is InChI=1S/C35H41FN6O3/c1-20(2)28-30(21(3)14-15-37-28)42-32-26(18-25(23-12-13-23)29(38-32)24-10-8-9-11-27(24)36)31(39-33(42)43)41-17-16-40(19-22(41)4)34(44)45-35(5,6)7/h8-11,14-15,18,20,22-23H,12-13,16-17,19H2,1-7H3/t22-/m0/s1. The van der Waals surface area contributed by atoms with Crippen LogP contribution in [-0.2, 0) is 4.74 Å². The minimum atomic E-state index is -0.597. The third-order valence-electron chi connectivity index (χ3n) is 8.50. The van der Waals surface area contributed by atoms with Crippen LogP contribution in [0.1, 0.15) is 83.0 Å². The summed E-state index contributed by atoms with van der Waals surface area (Å²) in [4.78, 5) is 45.4. The predicted molar refractivity (Wildman–Crippen MR) is 174 cm³/mol. The highest BCUT2D eigenvalue weighted by Crippen LogP contribution is 2.46. The quantitative estimate of drug-likeness (QED) is 0.247. The number of benzene rings is 1. The van der Waals surface area contributed by atoms with Crippen molar-refractivity contribution < 1.29 is 13.9 Å². The number of pyridine rings is 2. The largest absolute Gasteiger partial charge is 0.444 e. The van der Waals surface area contributed by atoms with Crippen molar-refractivity contribution >= 4 is 22.9 Å². The number of anilines is 1. The molecule has 6 rings (SSSR count). The number of nitrogens with zero attached hydrogens (tertiary/aromatic N) is 6. The normalized spacial score (nSPS) is 17.3. The zero-order valence-electron chi connectivity index (χ0n) is 27.1. The minimum absolute atomic E-state index is 0.0271. The molecule has 1 aliphatic heterocycles. The van der Waals surface area contributed by atoms with Gasteiger partial charge in [0.1, 0.15) is 17.2 Å². The van der Waals surface area contributed by atoms with Crippen molar-refractivity contribution in [1.82, 2.24) is 24.4 Å². The average molecular weight is 613 g/mol. The molecule has 0 radical (unpaired) electrons. The highest BCUT2D eigenvalue weighted by atomic mass is 19.1. The molecule has 2 fully saturated rings. The van der Waals surface area contributed by atoms with Crippen molar-refractivity contribution in [1.29, 1.82) is 0 Å². The Kier molecular flexibility index (Phi) is 7.87. The van der Waals surface area contributed by atoms with Crippen LogP contribution in [0.15, 0.2) is 47.4 Å². The Morgan fingerprint density at radius 1 is 1.09 bits per heavy atom. The van der Waals surface area contributed by atoms with E-state index in [0.29, 0.717) is 53.4 Å². The highest BCUT2D eigenvalue weighted by Gasteiger charge is 2.34. The van der Waals surface area contributed by atoms with E-state index in [0.717, 1.165) is 29.7 Å². The first-order valence-electron chi connectivity index (χ1n) is 15.8. The van der Waals surface area contributed by atoms with Gasteiger partial charge in [-0.3, -0.25) is 4.98 Å². The Balaban J connectivity index is 1.58. The third-order valence-corrected chi connectivity index (χ3v) is 8.50. The fourth-order valence-electron chi connectivity index (χ4n) is 6.19. The molecular weight excluding hydrogens is 571 g/mol. The highest BCUT2D eigenvalue weighted by molar-refractivity contribution is 5.92. The Hall–Kier alpha value is -4.34. The van der Waals surface area contributed by atoms with Crippen LogP contribution in [0.5, 0.6) is 0 Å². The van der Waals surface area contributed by atoms with E-state index in [9.17, 15) is 9.59 Å². The Bertz CT molecular complexity index is 1840. The van der Waals surface area contributed by atoms with Crippen molar-refractivity contribution in [3.63, 3.8) is 0 Å². The first-order chi connectivity index (χ1) is 21.3. The maximum absolute atomic E-state index is 15.3. The number of hydrogen-bond acceptors (Lipinski definition) is 7. The molecule has 4 heterocycles. The maximum Gasteiger partial charge on any atom is 0.410 e. The Morgan fingerprint density at radius 3 is 2.47 bits per heavy atom. The molecular formula is C35H41FN6O3. The number of carbonyl (C=O) groups is 1. The molecule has 1 saturated carbocycles. The molecule has 4 aromatic rings. The van der Waals surface area contributed by atoms with Gasteiger partial charge in [-0.25, -0.2) is 23.5 Å². The summed E-state index contributed by atoms with van der Waals surface area (Å²) in [7, 11) is 0. The van der Waals surface area contributed by atoms with Crippen molar-refractivity contribution in [2.24, 2.45) is 0 Å². The number of carbonyl (C=O) groups excluding carboxylic acids is 1. The second-order valence-electron chi connectivity index (χ2n) is 13.6. The number of fused-ring (bicyclic) bond motifs is 1. The number of rotatable bonds is 5. The first kappa shape index (κ1) is 30.7. The van der Waals surface area contributed by atoms with Crippen LogP contribution < -0.4 is 10.6 Å². The minimum Gasteiger partial charge on any atom is -0.444 e. The zero-order valence-corrected chi connectivity index (χ0v) is 27.1. The van der Waals surface area contributed by atoms with Crippen LogP contribution in [0.2, 0.25) is 0 Å². The van der Waals surface area contributed by atoms with Crippen LogP contribution in [0, 0.1) is 12.7 Å². The van der Waals surface area contributed by atoms with Gasteiger partial charge in [0.05, 0.1) is 22.5 Å². The van der Waals surface area contributed by atoms with Crippen LogP contribution in [0.3, 0.4) is 0 Å². The van der Waals surface area contributed by atoms with Gasteiger partial charge in [0, 0.05) is 37.4 Å². The van der Waals surface area contributed by atoms with Gasteiger partial charge in [-0.1, -0.05) is 26.0 Å². The van der Waals surface area contributed by atoms with E-state index in [1.807, 2.05) is 54.5 Å². The summed E-state index contributed by atoms with van der Waals surface area (Å²) in [5, 5.41) is 0.715. The number of halogens is 1. The molecule has 45 heavy (non-hydrogen) atoms. The molecule has 0 N–H and O–H groups in total. The van der Waals surface area contributed by atoms with Gasteiger partial charge in [-0.15, -0.1) is 0 Å². The molecule has 1 atom stereocenters. The molecule has 2 aliphatic rings. The van der Waals surface area contributed by atoms with Gasteiger partial charge in [-0.05, 0) is 94.7 Å². The average Bonchev–Trinajstić information content (AvgIpc) is 3.82. The molecule has 0 spiro atoms. The summed E-state index contributed by atoms with van der Waals surface area (Å²) >= 11 is 0. The number of aryl methyl sites for hydroxylation is 1. The summed E-state index contributed by atoms with van der Waals surface area (Å²) in [6.45, 7) is 14.9. The molecule has 10 heteroatoms. The molecule has 1 aliphatic carbocycles. The first-order valence-corrected chi connectivity index (χ1v) is 15.8. The number of ether oxygens (including phenoxy) is 1. The fourth-order valence-corrected chi connectivity index (χ4v) is 6.19. The zero-order chi connectivity index (χ0) is 32.2. The number of piperazine rings is 1. The lowest BCUT2D eigenvalue weighted by Gasteiger charge is -2.41. The molecule has 0 unspecified atom stereocenters. The van der Waals surface area contributed by atoms with Crippen LogP contribution in [-0.4, -0.2) is 61.8 Å². The van der Waals surface area contributed by atoms with Gasteiger partial charge in [0.2, 0.25) is 0 Å². The summed E-state index contributed by atoms with van der Waals surface area (Å²) in [6, 6.07) is 10.4. The molecule has 1 saturated heterocycles. The second kappa shape index (κ2) is 11.5. The predicted octanol–water partition coefficient (Wildman–Crippen LogP) is 6.74. The van der Waals surface area contributed by atoms with Crippen LogP contribution >= 0.6 is 0 Å². The van der Waals surface area contributed by atoms with E-state index in [2.05, 4.69) is 16.0 Å². The Morgan fingerprint density at radius 2 is 1.82 bits per heavy atom. The van der Waals surface area contributed by atoms with Crippen LogP contribution in [0.25, 0.3) is 28.0 Å². The van der Waals surface area contributed by atoms with Crippen molar-refractivity contribution in [2.75, 3.05) is 24.5 Å². The van der Waals surface area contributed by atoms with Gasteiger partial charge >= 0.3 is 11.8 Å². The topological polar surface area (TPSA) is 93.5 Å². The van der Waals surface area contributed by atoms with Crippen molar-refractivity contribution in [2.45, 2.75) is 84.8 Å². The van der Waals surface area contributed by atoms with E-state index < -0.39 is 11.3 Å². The number of aromatic nitrogens is 4. The van der Waals surface area contributed by atoms with E-state index in [1.165, 1.54) is 6.07 Å². The number of hydrogen-bond donors (Lipinski definition) is 0. The maximum atomic E-state index is 15.3. The monoisotopic (exact) mass is 612 g/mol. The fraction of sp³-hybridized carbons (Fsp3) is 0.457. The number of amides is 1. The van der Waals surface area contributed by atoms with Crippen molar-refractivity contribution in [3.05, 3.63) is 75.7 Å².